The van der Waals surface area contributed by atoms with Crippen molar-refractivity contribution < 1.29 is 9.53 Å². The molecule has 0 spiro atoms. The first-order valence-electron chi connectivity index (χ1n) is 11.6. The summed E-state index contributed by atoms with van der Waals surface area (Å²) in [7, 11) is 0. The number of pyridine rings is 1. The van der Waals surface area contributed by atoms with E-state index in [4.69, 9.17) is 16.3 Å². The number of carbonyl (C=O) groups excluding carboxylic acids is 1. The summed E-state index contributed by atoms with van der Waals surface area (Å²) in [6.07, 6.45) is 6.30. The first-order valence-corrected chi connectivity index (χ1v) is 12.0. The number of anilines is 2. The van der Waals surface area contributed by atoms with Gasteiger partial charge in [0.05, 0.1) is 23.1 Å². The van der Waals surface area contributed by atoms with Crippen LogP contribution in [-0.4, -0.2) is 42.7 Å². The largest absolute Gasteiger partial charge is 0.385 e. The third-order valence-corrected chi connectivity index (χ3v) is 6.64. The number of benzene rings is 1. The Morgan fingerprint density at radius 3 is 2.81 bits per heavy atom. The molecule has 32 heavy (non-hydrogen) atoms. The second kappa shape index (κ2) is 10.6. The van der Waals surface area contributed by atoms with Gasteiger partial charge in [0.25, 0.3) is 0 Å². The van der Waals surface area contributed by atoms with E-state index in [-0.39, 0.29) is 11.8 Å². The molecule has 0 bridgehead atoms. The van der Waals surface area contributed by atoms with Gasteiger partial charge in [0.1, 0.15) is 5.82 Å². The maximum Gasteiger partial charge on any atom is 0.229 e. The molecule has 2 saturated heterocycles. The number of aromatic nitrogens is 1. The fourth-order valence-electron chi connectivity index (χ4n) is 4.80. The molecule has 0 radical (unpaired) electrons. The summed E-state index contributed by atoms with van der Waals surface area (Å²) in [6.45, 7) is 6.91. The summed E-state index contributed by atoms with van der Waals surface area (Å²) in [4.78, 5) is 16.9. The van der Waals surface area contributed by atoms with Gasteiger partial charge in [-0.1, -0.05) is 23.7 Å². The molecule has 2 aliphatic rings. The lowest BCUT2D eigenvalue weighted by Crippen LogP contribution is -2.37. The van der Waals surface area contributed by atoms with Crippen LogP contribution in [0.2, 0.25) is 5.02 Å². The van der Waals surface area contributed by atoms with Gasteiger partial charge in [0, 0.05) is 30.5 Å². The molecule has 4 atom stereocenters. The molecule has 2 aromatic rings. The molecule has 4 rings (SSSR count). The van der Waals surface area contributed by atoms with E-state index < -0.39 is 0 Å². The molecule has 7 heteroatoms. The number of piperidine rings is 1. The number of amides is 1. The van der Waals surface area contributed by atoms with Gasteiger partial charge in [-0.2, -0.15) is 0 Å². The highest BCUT2D eigenvalue weighted by Crippen LogP contribution is 2.32. The minimum absolute atomic E-state index is 0.00769. The number of hydrogen-bond acceptors (Lipinski definition) is 5. The number of halogens is 1. The van der Waals surface area contributed by atoms with Gasteiger partial charge in [-0.05, 0) is 75.8 Å². The van der Waals surface area contributed by atoms with Crippen molar-refractivity contribution in [2.45, 2.75) is 51.7 Å². The number of nitrogens with zero attached hydrogens (tertiary/aromatic N) is 1. The third-order valence-electron chi connectivity index (χ3n) is 6.34. The summed E-state index contributed by atoms with van der Waals surface area (Å²) >= 11 is 6.48. The molecule has 1 aromatic heterocycles. The van der Waals surface area contributed by atoms with Crippen molar-refractivity contribution in [2.75, 3.05) is 30.3 Å². The SMILES string of the molecule is C[C@@H]1CC(CNc2cccc(-c3cc(NC(=O)[C@@H]4CCCNC4)ncc3Cl)c2)C[C@H](C)O1. The Hall–Kier alpha value is -2.15. The van der Waals surface area contributed by atoms with Gasteiger partial charge in [0.15, 0.2) is 0 Å². The van der Waals surface area contributed by atoms with Crippen LogP contribution in [0.5, 0.6) is 0 Å². The minimum atomic E-state index is -0.0205. The molecular weight excluding hydrogens is 424 g/mol. The molecule has 1 amide bonds. The monoisotopic (exact) mass is 456 g/mol. The highest BCUT2D eigenvalue weighted by molar-refractivity contribution is 6.33. The van der Waals surface area contributed by atoms with E-state index in [1.54, 1.807) is 6.20 Å². The first-order chi connectivity index (χ1) is 15.5. The van der Waals surface area contributed by atoms with Crippen molar-refractivity contribution in [1.82, 2.24) is 10.3 Å². The van der Waals surface area contributed by atoms with Crippen molar-refractivity contribution >= 4 is 29.0 Å². The van der Waals surface area contributed by atoms with Crippen molar-refractivity contribution in [3.63, 3.8) is 0 Å². The van der Waals surface area contributed by atoms with Crippen molar-refractivity contribution in [3.8, 4) is 11.1 Å². The van der Waals surface area contributed by atoms with E-state index in [0.717, 1.165) is 55.6 Å². The molecule has 1 aromatic carbocycles. The van der Waals surface area contributed by atoms with Crippen LogP contribution in [0.3, 0.4) is 0 Å². The Bertz CT molecular complexity index is 922. The fourth-order valence-corrected chi connectivity index (χ4v) is 5.01. The maximum absolute atomic E-state index is 12.6. The molecule has 172 valence electrons. The lowest BCUT2D eigenvalue weighted by atomic mass is 9.92. The van der Waals surface area contributed by atoms with Crippen LogP contribution in [0, 0.1) is 11.8 Å². The van der Waals surface area contributed by atoms with Crippen LogP contribution in [0.4, 0.5) is 11.5 Å². The van der Waals surface area contributed by atoms with E-state index in [1.807, 2.05) is 18.2 Å². The van der Waals surface area contributed by atoms with Crippen LogP contribution in [0.1, 0.15) is 39.5 Å². The zero-order valence-electron chi connectivity index (χ0n) is 18.9. The molecule has 6 nitrogen and oxygen atoms in total. The zero-order valence-corrected chi connectivity index (χ0v) is 19.6. The van der Waals surface area contributed by atoms with Gasteiger partial charge in [-0.3, -0.25) is 4.79 Å². The summed E-state index contributed by atoms with van der Waals surface area (Å²) in [5.41, 5.74) is 2.91. The Morgan fingerprint density at radius 1 is 1.25 bits per heavy atom. The predicted octanol–water partition coefficient (Wildman–Crippen LogP) is 4.96. The van der Waals surface area contributed by atoms with Crippen LogP contribution >= 0.6 is 11.6 Å². The van der Waals surface area contributed by atoms with Crippen molar-refractivity contribution in [3.05, 3.63) is 41.6 Å². The minimum Gasteiger partial charge on any atom is -0.385 e. The summed E-state index contributed by atoms with van der Waals surface area (Å²) < 4.78 is 5.85. The summed E-state index contributed by atoms with van der Waals surface area (Å²) in [6, 6.07) is 10.1. The van der Waals surface area contributed by atoms with Gasteiger partial charge < -0.3 is 20.7 Å². The number of nitrogens with one attached hydrogen (secondary N) is 3. The summed E-state index contributed by atoms with van der Waals surface area (Å²) in [5, 5.41) is 10.4. The topological polar surface area (TPSA) is 75.3 Å². The lowest BCUT2D eigenvalue weighted by molar-refractivity contribution is -0.120. The van der Waals surface area contributed by atoms with Crippen LogP contribution in [-0.2, 0) is 9.53 Å². The third kappa shape index (κ3) is 6.00. The predicted molar refractivity (Wildman–Crippen MR) is 130 cm³/mol. The number of ether oxygens (including phenoxy) is 1. The van der Waals surface area contributed by atoms with Crippen LogP contribution in [0.25, 0.3) is 11.1 Å². The van der Waals surface area contributed by atoms with E-state index in [9.17, 15) is 4.79 Å². The number of hydrogen-bond donors (Lipinski definition) is 3. The molecule has 0 saturated carbocycles. The maximum atomic E-state index is 12.6. The van der Waals surface area contributed by atoms with Crippen LogP contribution in [0.15, 0.2) is 36.5 Å². The summed E-state index contributed by atoms with van der Waals surface area (Å²) in [5.74, 6) is 1.11. The molecule has 0 aliphatic carbocycles. The molecular formula is C25H33ClN4O2. The Balaban J connectivity index is 1.43. The van der Waals surface area contributed by atoms with Crippen LogP contribution < -0.4 is 16.0 Å². The molecule has 3 N–H and O–H groups in total. The second-order valence-corrected chi connectivity index (χ2v) is 9.55. The Kier molecular flexibility index (Phi) is 7.66. The number of rotatable bonds is 6. The lowest BCUT2D eigenvalue weighted by Gasteiger charge is -2.32. The second-order valence-electron chi connectivity index (χ2n) is 9.14. The highest BCUT2D eigenvalue weighted by Gasteiger charge is 2.24. The Labute approximate surface area is 195 Å². The molecule has 3 heterocycles. The van der Waals surface area contributed by atoms with Crippen molar-refractivity contribution in [1.29, 1.82) is 0 Å². The average Bonchev–Trinajstić information content (AvgIpc) is 2.79. The molecule has 1 unspecified atom stereocenters. The first kappa shape index (κ1) is 23.0. The van der Waals surface area contributed by atoms with Gasteiger partial charge in [-0.15, -0.1) is 0 Å². The van der Waals surface area contributed by atoms with Gasteiger partial charge in [0.2, 0.25) is 5.91 Å². The van der Waals surface area contributed by atoms with E-state index >= 15 is 0 Å². The normalized spacial score (nSPS) is 25.8. The van der Waals surface area contributed by atoms with Gasteiger partial charge in [-0.25, -0.2) is 4.98 Å². The Morgan fingerprint density at radius 2 is 2.06 bits per heavy atom. The fraction of sp³-hybridized carbons (Fsp3) is 0.520. The van der Waals surface area contributed by atoms with E-state index in [2.05, 4.69) is 46.9 Å². The van der Waals surface area contributed by atoms with E-state index in [1.165, 1.54) is 0 Å². The number of carbonyl (C=O) groups is 1. The molecule has 2 fully saturated rings. The quantitative estimate of drug-likeness (QED) is 0.573. The molecule has 2 aliphatic heterocycles. The van der Waals surface area contributed by atoms with E-state index in [0.29, 0.717) is 35.5 Å². The zero-order chi connectivity index (χ0) is 22.5. The average molecular weight is 457 g/mol. The smallest absolute Gasteiger partial charge is 0.229 e. The standard InChI is InChI=1S/C25H33ClN4O2/c1-16-9-18(10-17(2)32-16)13-28-21-7-3-5-19(11-21)22-12-24(29-15-23(22)26)30-25(31)20-6-4-8-27-14-20/h3,5,7,11-12,15-18,20,27-28H,4,6,8-10,13-14H2,1-2H3,(H,29,30,31)/t16-,17+,18?,20-/m1/s1. The van der Waals surface area contributed by atoms with Gasteiger partial charge >= 0.3 is 0 Å². The van der Waals surface area contributed by atoms with Crippen molar-refractivity contribution in [2.24, 2.45) is 11.8 Å². The highest BCUT2D eigenvalue weighted by atomic mass is 35.5.